The number of carbonyl (C=O) groups excluding carboxylic acids is 1. The first-order chi connectivity index (χ1) is 9.47. The van der Waals surface area contributed by atoms with Crippen molar-refractivity contribution in [2.75, 3.05) is 0 Å². The van der Waals surface area contributed by atoms with E-state index in [4.69, 9.17) is 11.6 Å². The Morgan fingerprint density at radius 3 is 2.40 bits per heavy atom. The van der Waals surface area contributed by atoms with Crippen LogP contribution in [-0.4, -0.2) is 10.7 Å². The Bertz CT molecular complexity index is 671. The monoisotopic (exact) mass is 307 g/mol. The lowest BCUT2D eigenvalue weighted by molar-refractivity contribution is -0.387. The van der Waals surface area contributed by atoms with E-state index in [0.29, 0.717) is 15.5 Å². The smallest absolute Gasteiger partial charge is 0.283 e. The predicted molar refractivity (Wildman–Crippen MR) is 78.7 cm³/mol. The van der Waals surface area contributed by atoms with Gasteiger partial charge in [-0.25, -0.2) is 0 Å². The van der Waals surface area contributed by atoms with E-state index in [-0.39, 0.29) is 11.5 Å². The van der Waals surface area contributed by atoms with E-state index in [2.05, 4.69) is 0 Å². The molecule has 0 radical (unpaired) electrons. The third-order valence-electron chi connectivity index (χ3n) is 2.60. The van der Waals surface area contributed by atoms with Crippen molar-refractivity contribution in [2.24, 2.45) is 0 Å². The van der Waals surface area contributed by atoms with E-state index in [1.807, 2.05) is 0 Å². The lowest BCUT2D eigenvalue weighted by atomic mass is 10.1. The van der Waals surface area contributed by atoms with Crippen LogP contribution in [-0.2, 0) is 0 Å². The Labute approximate surface area is 124 Å². The molecular formula is C14H10ClNO3S. The van der Waals surface area contributed by atoms with Crippen LogP contribution in [0, 0.1) is 10.1 Å². The Kier molecular flexibility index (Phi) is 4.42. The fourth-order valence-corrected chi connectivity index (χ4v) is 2.68. The van der Waals surface area contributed by atoms with Gasteiger partial charge in [0.1, 0.15) is 0 Å². The van der Waals surface area contributed by atoms with Gasteiger partial charge in [0, 0.05) is 21.5 Å². The maximum atomic E-state index is 11.4. The zero-order chi connectivity index (χ0) is 14.7. The molecule has 2 rings (SSSR count). The quantitative estimate of drug-likeness (QED) is 0.470. The molecule has 2 aromatic rings. The zero-order valence-corrected chi connectivity index (χ0v) is 12.1. The van der Waals surface area contributed by atoms with Crippen LogP contribution in [0.4, 0.5) is 5.69 Å². The molecule has 0 heterocycles. The summed E-state index contributed by atoms with van der Waals surface area (Å²) >= 11 is 7.03. The third kappa shape index (κ3) is 3.37. The summed E-state index contributed by atoms with van der Waals surface area (Å²) < 4.78 is 0. The Hall–Kier alpha value is -1.85. The molecule has 102 valence electrons. The molecule has 0 amide bonds. The van der Waals surface area contributed by atoms with Crippen molar-refractivity contribution in [1.29, 1.82) is 0 Å². The summed E-state index contributed by atoms with van der Waals surface area (Å²) in [5.74, 6) is -0.127. The topological polar surface area (TPSA) is 60.2 Å². The molecule has 0 aliphatic carbocycles. The summed E-state index contributed by atoms with van der Waals surface area (Å²) in [6, 6.07) is 11.3. The summed E-state index contributed by atoms with van der Waals surface area (Å²) in [6.45, 7) is 1.43. The SMILES string of the molecule is CC(=O)c1ccc([N+](=O)[O-])c(Sc2ccc(Cl)cc2)c1. The van der Waals surface area contributed by atoms with E-state index in [1.165, 1.54) is 30.8 Å². The number of rotatable bonds is 4. The molecule has 0 spiro atoms. The molecule has 0 unspecified atom stereocenters. The zero-order valence-electron chi connectivity index (χ0n) is 10.5. The number of nitro benzene ring substituents is 1. The summed E-state index contributed by atoms with van der Waals surface area (Å²) in [4.78, 5) is 23.2. The van der Waals surface area contributed by atoms with Gasteiger partial charge in [-0.05, 0) is 43.3 Å². The van der Waals surface area contributed by atoms with Gasteiger partial charge in [0.15, 0.2) is 5.78 Å². The molecule has 0 atom stereocenters. The summed E-state index contributed by atoms with van der Waals surface area (Å²) in [6.07, 6.45) is 0. The van der Waals surface area contributed by atoms with E-state index in [0.717, 1.165) is 4.90 Å². The minimum absolute atomic E-state index is 0.0186. The van der Waals surface area contributed by atoms with Crippen LogP contribution in [0.2, 0.25) is 5.02 Å². The average Bonchev–Trinajstić information content (AvgIpc) is 2.41. The van der Waals surface area contributed by atoms with Gasteiger partial charge >= 0.3 is 0 Å². The van der Waals surface area contributed by atoms with E-state index >= 15 is 0 Å². The minimum atomic E-state index is -0.456. The van der Waals surface area contributed by atoms with Crippen molar-refractivity contribution in [1.82, 2.24) is 0 Å². The third-order valence-corrected chi connectivity index (χ3v) is 3.91. The van der Waals surface area contributed by atoms with Crippen LogP contribution >= 0.6 is 23.4 Å². The number of carbonyl (C=O) groups is 1. The lowest BCUT2D eigenvalue weighted by Crippen LogP contribution is -1.96. The van der Waals surface area contributed by atoms with Crippen molar-refractivity contribution >= 4 is 34.8 Å². The Morgan fingerprint density at radius 2 is 1.85 bits per heavy atom. The molecular weight excluding hydrogens is 298 g/mol. The van der Waals surface area contributed by atoms with Crippen molar-refractivity contribution in [2.45, 2.75) is 16.7 Å². The number of nitrogens with zero attached hydrogens (tertiary/aromatic N) is 1. The molecule has 0 N–H and O–H groups in total. The van der Waals surface area contributed by atoms with Crippen LogP contribution in [0.3, 0.4) is 0 Å². The largest absolute Gasteiger partial charge is 0.295 e. The van der Waals surface area contributed by atoms with E-state index in [9.17, 15) is 14.9 Å². The number of benzene rings is 2. The molecule has 4 nitrogen and oxygen atoms in total. The second-order valence-electron chi connectivity index (χ2n) is 4.05. The molecule has 0 aliphatic heterocycles. The highest BCUT2D eigenvalue weighted by Crippen LogP contribution is 2.35. The highest BCUT2D eigenvalue weighted by atomic mass is 35.5. The maximum absolute atomic E-state index is 11.4. The van der Waals surface area contributed by atoms with Crippen LogP contribution in [0.5, 0.6) is 0 Å². The van der Waals surface area contributed by atoms with Gasteiger partial charge in [0.05, 0.1) is 9.82 Å². The number of hydrogen-bond acceptors (Lipinski definition) is 4. The van der Waals surface area contributed by atoms with Gasteiger partial charge in [-0.2, -0.15) is 0 Å². The molecule has 20 heavy (non-hydrogen) atoms. The number of halogens is 1. The van der Waals surface area contributed by atoms with Crippen molar-refractivity contribution < 1.29 is 9.72 Å². The molecule has 0 fully saturated rings. The summed E-state index contributed by atoms with van der Waals surface area (Å²) in [7, 11) is 0. The fourth-order valence-electron chi connectivity index (χ4n) is 1.60. The highest BCUT2D eigenvalue weighted by Gasteiger charge is 2.16. The maximum Gasteiger partial charge on any atom is 0.283 e. The number of nitro groups is 1. The summed E-state index contributed by atoms with van der Waals surface area (Å²) in [5, 5.41) is 11.6. The van der Waals surface area contributed by atoms with Crippen LogP contribution in [0.1, 0.15) is 17.3 Å². The minimum Gasteiger partial charge on any atom is -0.295 e. The molecule has 0 saturated heterocycles. The predicted octanol–water partition coefficient (Wildman–Crippen LogP) is 4.60. The van der Waals surface area contributed by atoms with Gasteiger partial charge < -0.3 is 0 Å². The first-order valence-electron chi connectivity index (χ1n) is 5.70. The van der Waals surface area contributed by atoms with Gasteiger partial charge in [-0.3, -0.25) is 14.9 Å². The second-order valence-corrected chi connectivity index (χ2v) is 5.60. The van der Waals surface area contributed by atoms with Gasteiger partial charge in [0.2, 0.25) is 0 Å². The van der Waals surface area contributed by atoms with Crippen LogP contribution in [0.15, 0.2) is 52.3 Å². The summed E-state index contributed by atoms with van der Waals surface area (Å²) in [5.41, 5.74) is 0.432. The highest BCUT2D eigenvalue weighted by molar-refractivity contribution is 7.99. The molecule has 0 bridgehead atoms. The second kappa shape index (κ2) is 6.07. The van der Waals surface area contributed by atoms with Crippen LogP contribution < -0.4 is 0 Å². The van der Waals surface area contributed by atoms with Gasteiger partial charge in [-0.1, -0.05) is 23.4 Å². The number of Topliss-reactive ketones (excluding diaryl/α,β-unsaturated/α-hetero) is 1. The van der Waals surface area contributed by atoms with Crippen molar-refractivity contribution in [3.63, 3.8) is 0 Å². The molecule has 2 aromatic carbocycles. The van der Waals surface area contributed by atoms with E-state index < -0.39 is 4.92 Å². The average molecular weight is 308 g/mol. The Morgan fingerprint density at radius 1 is 1.20 bits per heavy atom. The van der Waals surface area contributed by atoms with Gasteiger partial charge in [-0.15, -0.1) is 0 Å². The first kappa shape index (κ1) is 14.6. The Balaban J connectivity index is 2.41. The normalized spacial score (nSPS) is 10.3. The molecule has 0 aromatic heterocycles. The van der Waals surface area contributed by atoms with Gasteiger partial charge in [0.25, 0.3) is 5.69 Å². The van der Waals surface area contributed by atoms with E-state index in [1.54, 1.807) is 30.3 Å². The number of hydrogen-bond donors (Lipinski definition) is 0. The van der Waals surface area contributed by atoms with Crippen molar-refractivity contribution in [3.8, 4) is 0 Å². The fraction of sp³-hybridized carbons (Fsp3) is 0.0714. The molecule has 6 heteroatoms. The first-order valence-corrected chi connectivity index (χ1v) is 6.89. The molecule has 0 saturated carbocycles. The standard InChI is InChI=1S/C14H10ClNO3S/c1-9(17)10-2-7-13(16(18)19)14(8-10)20-12-5-3-11(15)4-6-12/h2-8H,1H3. The number of ketones is 1. The van der Waals surface area contributed by atoms with Crippen molar-refractivity contribution in [3.05, 3.63) is 63.2 Å². The lowest BCUT2D eigenvalue weighted by Gasteiger charge is -2.05. The molecule has 0 aliphatic rings. The van der Waals surface area contributed by atoms with Crippen LogP contribution in [0.25, 0.3) is 0 Å².